The van der Waals surface area contributed by atoms with Crippen molar-refractivity contribution in [3.63, 3.8) is 0 Å². The number of carbonyl (C=O) groups is 1. The fraction of sp³-hybridized carbons (Fsp3) is 0.938. The number of ether oxygens (including phenoxy) is 1. The summed E-state index contributed by atoms with van der Waals surface area (Å²) in [6.45, 7) is 4.62. The zero-order chi connectivity index (χ0) is 14.6. The topological polar surface area (TPSA) is 58.6 Å². The maximum absolute atomic E-state index is 11.6. The van der Waals surface area contributed by atoms with E-state index in [4.69, 9.17) is 4.74 Å². The van der Waals surface area contributed by atoms with E-state index in [1.807, 2.05) is 13.8 Å². The first-order valence-corrected chi connectivity index (χ1v) is 8.15. The molecule has 2 N–H and O–H groups in total. The van der Waals surface area contributed by atoms with Crippen molar-refractivity contribution in [2.45, 2.75) is 88.8 Å². The van der Waals surface area contributed by atoms with E-state index < -0.39 is 11.5 Å². The highest BCUT2D eigenvalue weighted by molar-refractivity contribution is 5.78. The number of aliphatic carboxylic acids is 1. The molecule has 1 saturated heterocycles. The van der Waals surface area contributed by atoms with Crippen molar-refractivity contribution in [3.05, 3.63) is 0 Å². The van der Waals surface area contributed by atoms with Crippen molar-refractivity contribution in [2.24, 2.45) is 0 Å². The average Bonchev–Trinajstić information content (AvgIpc) is 2.39. The lowest BCUT2D eigenvalue weighted by molar-refractivity contribution is -0.147. The van der Waals surface area contributed by atoms with E-state index in [0.29, 0.717) is 6.42 Å². The summed E-state index contributed by atoms with van der Waals surface area (Å²) in [5.74, 6) is -0.733. The highest BCUT2D eigenvalue weighted by Gasteiger charge is 2.42. The van der Waals surface area contributed by atoms with Crippen molar-refractivity contribution in [3.8, 4) is 0 Å². The van der Waals surface area contributed by atoms with E-state index in [-0.39, 0.29) is 11.6 Å². The van der Waals surface area contributed by atoms with Crippen molar-refractivity contribution in [1.82, 2.24) is 5.32 Å². The fourth-order valence-corrected chi connectivity index (χ4v) is 3.89. The van der Waals surface area contributed by atoms with Crippen LogP contribution in [0, 0.1) is 0 Å². The van der Waals surface area contributed by atoms with E-state index >= 15 is 0 Å². The van der Waals surface area contributed by atoms with E-state index in [2.05, 4.69) is 5.32 Å². The lowest BCUT2D eigenvalue weighted by atomic mass is 9.77. The number of rotatable bonds is 5. The van der Waals surface area contributed by atoms with Crippen molar-refractivity contribution in [2.75, 3.05) is 6.61 Å². The Balaban J connectivity index is 1.99. The van der Waals surface area contributed by atoms with Crippen LogP contribution >= 0.6 is 0 Å². The van der Waals surface area contributed by atoms with E-state index in [1.54, 1.807) is 0 Å². The van der Waals surface area contributed by atoms with Gasteiger partial charge in [0.15, 0.2) is 0 Å². The number of carboxylic acids is 1. The van der Waals surface area contributed by atoms with Crippen LogP contribution in [0.4, 0.5) is 0 Å². The summed E-state index contributed by atoms with van der Waals surface area (Å²) in [4.78, 5) is 11.6. The normalized spacial score (nSPS) is 29.0. The van der Waals surface area contributed by atoms with Crippen LogP contribution in [0.1, 0.15) is 71.6 Å². The fourth-order valence-electron chi connectivity index (χ4n) is 3.89. The van der Waals surface area contributed by atoms with Gasteiger partial charge in [-0.25, -0.2) is 0 Å². The smallest absolute Gasteiger partial charge is 0.323 e. The zero-order valence-corrected chi connectivity index (χ0v) is 12.9. The summed E-state index contributed by atoms with van der Waals surface area (Å²) in [6, 6.07) is 0.273. The van der Waals surface area contributed by atoms with Crippen LogP contribution in [0.3, 0.4) is 0 Å². The molecule has 0 amide bonds. The quantitative estimate of drug-likeness (QED) is 0.814. The highest BCUT2D eigenvalue weighted by Crippen LogP contribution is 2.39. The number of carboxylic acid groups (broad SMARTS) is 1. The SMILES string of the molecule is CCCC(C)(NC1CCOC2(CCCCC2)C1)C(=O)O. The second-order valence-corrected chi connectivity index (χ2v) is 6.81. The molecule has 4 heteroatoms. The monoisotopic (exact) mass is 283 g/mol. The van der Waals surface area contributed by atoms with E-state index in [0.717, 1.165) is 38.7 Å². The molecule has 2 atom stereocenters. The molecule has 0 bridgehead atoms. The minimum Gasteiger partial charge on any atom is -0.480 e. The summed E-state index contributed by atoms with van der Waals surface area (Å²) in [6.07, 6.45) is 9.54. The Morgan fingerprint density at radius 1 is 1.40 bits per heavy atom. The molecular formula is C16H29NO3. The third kappa shape index (κ3) is 3.53. The molecule has 2 unspecified atom stereocenters. The van der Waals surface area contributed by atoms with Gasteiger partial charge in [-0.1, -0.05) is 32.6 Å². The lowest BCUT2D eigenvalue weighted by Gasteiger charge is -2.45. The maximum Gasteiger partial charge on any atom is 0.323 e. The van der Waals surface area contributed by atoms with Crippen LogP contribution in [0.15, 0.2) is 0 Å². The minimum absolute atomic E-state index is 0.0276. The Hall–Kier alpha value is -0.610. The van der Waals surface area contributed by atoms with Gasteiger partial charge in [-0.2, -0.15) is 0 Å². The molecule has 1 saturated carbocycles. The summed E-state index contributed by atoms with van der Waals surface area (Å²) in [5, 5.41) is 12.9. The first kappa shape index (κ1) is 15.8. The molecular weight excluding hydrogens is 254 g/mol. The standard InChI is InChI=1S/C16H29NO3/c1-3-8-15(2,14(18)19)17-13-7-11-20-16(12-13)9-5-4-6-10-16/h13,17H,3-12H2,1-2H3,(H,18,19). The van der Waals surface area contributed by atoms with Gasteiger partial charge < -0.3 is 9.84 Å². The largest absolute Gasteiger partial charge is 0.480 e. The van der Waals surface area contributed by atoms with Gasteiger partial charge >= 0.3 is 5.97 Å². The Kier molecular flexibility index (Phi) is 5.08. The third-order valence-electron chi connectivity index (χ3n) is 5.00. The molecule has 4 nitrogen and oxygen atoms in total. The number of hydrogen-bond donors (Lipinski definition) is 2. The van der Waals surface area contributed by atoms with Crippen LogP contribution < -0.4 is 5.32 Å². The Morgan fingerprint density at radius 2 is 2.10 bits per heavy atom. The summed E-state index contributed by atoms with van der Waals surface area (Å²) in [7, 11) is 0. The lowest BCUT2D eigenvalue weighted by Crippen LogP contribution is -2.58. The van der Waals surface area contributed by atoms with Gasteiger partial charge in [0.05, 0.1) is 5.60 Å². The molecule has 2 fully saturated rings. The molecule has 0 radical (unpaired) electrons. The second-order valence-electron chi connectivity index (χ2n) is 6.81. The first-order chi connectivity index (χ1) is 9.50. The summed E-state index contributed by atoms with van der Waals surface area (Å²) < 4.78 is 6.08. The van der Waals surface area contributed by atoms with Crippen LogP contribution in [-0.2, 0) is 9.53 Å². The van der Waals surface area contributed by atoms with Gasteiger partial charge in [-0.3, -0.25) is 10.1 Å². The summed E-state index contributed by atoms with van der Waals surface area (Å²) >= 11 is 0. The van der Waals surface area contributed by atoms with Gasteiger partial charge in [0.2, 0.25) is 0 Å². The van der Waals surface area contributed by atoms with Crippen molar-refractivity contribution < 1.29 is 14.6 Å². The average molecular weight is 283 g/mol. The molecule has 0 aromatic carbocycles. The van der Waals surface area contributed by atoms with E-state index in [9.17, 15) is 9.90 Å². The predicted molar refractivity (Wildman–Crippen MR) is 78.9 cm³/mol. The van der Waals surface area contributed by atoms with Crippen LogP contribution in [0.5, 0.6) is 0 Å². The van der Waals surface area contributed by atoms with Gasteiger partial charge in [-0.15, -0.1) is 0 Å². The molecule has 0 aromatic rings. The molecule has 1 spiro atoms. The van der Waals surface area contributed by atoms with Crippen molar-refractivity contribution in [1.29, 1.82) is 0 Å². The van der Waals surface area contributed by atoms with Gasteiger partial charge in [-0.05, 0) is 39.0 Å². The predicted octanol–water partition coefficient (Wildman–Crippen LogP) is 3.10. The number of hydrogen-bond acceptors (Lipinski definition) is 3. The molecule has 0 aromatic heterocycles. The van der Waals surface area contributed by atoms with Gasteiger partial charge in [0.1, 0.15) is 5.54 Å². The second kappa shape index (κ2) is 6.44. The molecule has 1 aliphatic heterocycles. The molecule has 1 heterocycles. The van der Waals surface area contributed by atoms with Crippen LogP contribution in [0.25, 0.3) is 0 Å². The Morgan fingerprint density at radius 3 is 2.70 bits per heavy atom. The zero-order valence-electron chi connectivity index (χ0n) is 12.9. The Bertz CT molecular complexity index is 333. The first-order valence-electron chi connectivity index (χ1n) is 8.15. The van der Waals surface area contributed by atoms with Crippen LogP contribution in [0.2, 0.25) is 0 Å². The summed E-state index contributed by atoms with van der Waals surface area (Å²) in [5.41, 5.74) is -0.771. The van der Waals surface area contributed by atoms with E-state index in [1.165, 1.54) is 19.3 Å². The molecule has 20 heavy (non-hydrogen) atoms. The highest BCUT2D eigenvalue weighted by atomic mass is 16.5. The van der Waals surface area contributed by atoms with Crippen molar-refractivity contribution >= 4 is 5.97 Å². The minimum atomic E-state index is -0.799. The molecule has 1 aliphatic carbocycles. The number of nitrogens with one attached hydrogen (secondary N) is 1. The molecule has 116 valence electrons. The van der Waals surface area contributed by atoms with Gasteiger partial charge in [0, 0.05) is 12.6 Å². The van der Waals surface area contributed by atoms with Crippen LogP contribution in [-0.4, -0.2) is 34.9 Å². The maximum atomic E-state index is 11.6. The molecule has 2 rings (SSSR count). The Labute approximate surface area is 122 Å². The molecule has 2 aliphatic rings. The van der Waals surface area contributed by atoms with Gasteiger partial charge in [0.25, 0.3) is 0 Å². The third-order valence-corrected chi connectivity index (χ3v) is 5.00.